The smallest absolute Gasteiger partial charge is 0.271 e. The minimum Gasteiger partial charge on any atom is -0.332 e. The van der Waals surface area contributed by atoms with Crippen LogP contribution in [0.2, 0.25) is 0 Å². The molecular formula is C12H12BrN3O. The summed E-state index contributed by atoms with van der Waals surface area (Å²) in [6.07, 6.45) is 3.42. The number of rotatable bonds is 2. The number of nitriles is 1. The molecule has 0 spiro atoms. The van der Waals surface area contributed by atoms with E-state index >= 15 is 0 Å². The van der Waals surface area contributed by atoms with Gasteiger partial charge in [-0.15, -0.1) is 0 Å². The van der Waals surface area contributed by atoms with Crippen molar-refractivity contribution >= 4 is 21.8 Å². The summed E-state index contributed by atoms with van der Waals surface area (Å²) in [4.78, 5) is 16.0. The second kappa shape index (κ2) is 4.84. The Morgan fingerprint density at radius 2 is 2.18 bits per heavy atom. The van der Waals surface area contributed by atoms with Gasteiger partial charge < -0.3 is 5.32 Å². The number of carbonyl (C=O) groups excluding carboxylic acids is 1. The van der Waals surface area contributed by atoms with Gasteiger partial charge >= 0.3 is 0 Å². The van der Waals surface area contributed by atoms with Gasteiger partial charge in [0.05, 0.1) is 6.07 Å². The molecule has 1 aliphatic carbocycles. The van der Waals surface area contributed by atoms with Gasteiger partial charge in [0.2, 0.25) is 0 Å². The third kappa shape index (κ3) is 2.64. The van der Waals surface area contributed by atoms with Crippen LogP contribution in [-0.2, 0) is 0 Å². The van der Waals surface area contributed by atoms with E-state index in [9.17, 15) is 10.1 Å². The summed E-state index contributed by atoms with van der Waals surface area (Å²) in [5, 5.41) is 12.0. The van der Waals surface area contributed by atoms with Crippen LogP contribution >= 0.6 is 15.9 Å². The molecule has 17 heavy (non-hydrogen) atoms. The molecule has 1 saturated carbocycles. The first-order valence-corrected chi connectivity index (χ1v) is 6.31. The van der Waals surface area contributed by atoms with E-state index in [-0.39, 0.29) is 5.91 Å². The molecule has 5 heteroatoms. The van der Waals surface area contributed by atoms with Crippen molar-refractivity contribution in [2.75, 3.05) is 0 Å². The summed E-state index contributed by atoms with van der Waals surface area (Å²) >= 11 is 3.22. The van der Waals surface area contributed by atoms with Crippen molar-refractivity contribution in [3.05, 3.63) is 28.5 Å². The summed E-state index contributed by atoms with van der Waals surface area (Å²) in [5.74, 6) is -0.283. The zero-order valence-corrected chi connectivity index (χ0v) is 10.8. The third-order valence-corrected chi connectivity index (χ3v) is 3.41. The zero-order chi connectivity index (χ0) is 12.3. The van der Waals surface area contributed by atoms with Crippen LogP contribution in [0.5, 0.6) is 0 Å². The lowest BCUT2D eigenvalue weighted by molar-refractivity contribution is 0.0915. The van der Waals surface area contributed by atoms with Gasteiger partial charge in [-0.2, -0.15) is 5.26 Å². The maximum Gasteiger partial charge on any atom is 0.271 e. The molecule has 0 aliphatic heterocycles. The number of hydrogen-bond acceptors (Lipinski definition) is 3. The van der Waals surface area contributed by atoms with Gasteiger partial charge in [-0.05, 0) is 53.7 Å². The first kappa shape index (κ1) is 12.1. The van der Waals surface area contributed by atoms with E-state index in [0.717, 1.165) is 25.7 Å². The molecule has 1 amide bonds. The van der Waals surface area contributed by atoms with Crippen molar-refractivity contribution in [2.45, 2.75) is 31.2 Å². The topological polar surface area (TPSA) is 65.8 Å². The van der Waals surface area contributed by atoms with Crippen LogP contribution in [0.25, 0.3) is 0 Å². The highest BCUT2D eigenvalue weighted by Gasteiger charge is 2.35. The van der Waals surface area contributed by atoms with Gasteiger partial charge in [-0.25, -0.2) is 4.98 Å². The first-order valence-electron chi connectivity index (χ1n) is 5.52. The Hall–Kier alpha value is -1.41. The fourth-order valence-corrected chi connectivity index (χ4v) is 2.40. The number of nitrogens with zero attached hydrogens (tertiary/aromatic N) is 2. The average Bonchev–Trinajstić information content (AvgIpc) is 2.78. The van der Waals surface area contributed by atoms with Gasteiger partial charge in [-0.1, -0.05) is 6.07 Å². The molecule has 0 radical (unpaired) electrons. The molecular weight excluding hydrogens is 282 g/mol. The van der Waals surface area contributed by atoms with Crippen LogP contribution in [0.4, 0.5) is 0 Å². The predicted molar refractivity (Wildman–Crippen MR) is 66.2 cm³/mol. The van der Waals surface area contributed by atoms with Crippen molar-refractivity contribution in [3.63, 3.8) is 0 Å². The van der Waals surface area contributed by atoms with Gasteiger partial charge in [0, 0.05) is 0 Å². The summed E-state index contributed by atoms with van der Waals surface area (Å²) in [5.41, 5.74) is -0.359. The van der Waals surface area contributed by atoms with E-state index < -0.39 is 5.54 Å². The molecule has 1 heterocycles. The van der Waals surface area contributed by atoms with Crippen molar-refractivity contribution in [3.8, 4) is 6.07 Å². The van der Waals surface area contributed by atoms with E-state index in [4.69, 9.17) is 0 Å². The molecule has 0 atom stereocenters. The number of aromatic nitrogens is 1. The monoisotopic (exact) mass is 293 g/mol. The van der Waals surface area contributed by atoms with E-state index in [0.29, 0.717) is 10.3 Å². The maximum atomic E-state index is 12.0. The Bertz CT molecular complexity index is 475. The van der Waals surface area contributed by atoms with Gasteiger partial charge in [-0.3, -0.25) is 4.79 Å². The minimum atomic E-state index is -0.693. The lowest BCUT2D eigenvalue weighted by Gasteiger charge is -2.21. The van der Waals surface area contributed by atoms with Gasteiger partial charge in [0.15, 0.2) is 0 Å². The van der Waals surface area contributed by atoms with Crippen molar-refractivity contribution < 1.29 is 4.79 Å². The fourth-order valence-electron chi connectivity index (χ4n) is 2.06. The van der Waals surface area contributed by atoms with Crippen LogP contribution < -0.4 is 5.32 Å². The summed E-state index contributed by atoms with van der Waals surface area (Å²) in [6, 6.07) is 7.37. The van der Waals surface area contributed by atoms with Crippen LogP contribution in [0.1, 0.15) is 36.2 Å². The molecule has 0 saturated heterocycles. The largest absolute Gasteiger partial charge is 0.332 e. The zero-order valence-electron chi connectivity index (χ0n) is 9.24. The van der Waals surface area contributed by atoms with Crippen LogP contribution in [0.3, 0.4) is 0 Å². The fraction of sp³-hybridized carbons (Fsp3) is 0.417. The number of amides is 1. The average molecular weight is 294 g/mol. The third-order valence-electron chi connectivity index (χ3n) is 2.97. The Labute approximate surface area is 108 Å². The lowest BCUT2D eigenvalue weighted by Crippen LogP contribution is -2.45. The van der Waals surface area contributed by atoms with Crippen LogP contribution in [0, 0.1) is 11.3 Å². The predicted octanol–water partition coefficient (Wildman–Crippen LogP) is 2.41. The number of carbonyl (C=O) groups is 1. The van der Waals surface area contributed by atoms with E-state index in [1.54, 1.807) is 18.2 Å². The normalized spacial score (nSPS) is 17.4. The molecule has 1 fully saturated rings. The molecule has 1 N–H and O–H groups in total. The molecule has 1 aromatic heterocycles. The van der Waals surface area contributed by atoms with E-state index in [2.05, 4.69) is 32.3 Å². The number of halogens is 1. The maximum absolute atomic E-state index is 12.0. The van der Waals surface area contributed by atoms with E-state index in [1.807, 2.05) is 0 Å². The SMILES string of the molecule is N#CC1(NC(=O)c2cccc(Br)n2)CCCC1. The molecule has 1 aliphatic rings. The van der Waals surface area contributed by atoms with Crippen LogP contribution in [-0.4, -0.2) is 16.4 Å². The second-order valence-electron chi connectivity index (χ2n) is 4.20. The molecule has 1 aromatic rings. The minimum absolute atomic E-state index is 0.283. The molecule has 4 nitrogen and oxygen atoms in total. The Kier molecular flexibility index (Phi) is 3.43. The molecule has 88 valence electrons. The second-order valence-corrected chi connectivity index (χ2v) is 5.01. The molecule has 0 aromatic carbocycles. The molecule has 2 rings (SSSR count). The number of pyridine rings is 1. The number of hydrogen-bond donors (Lipinski definition) is 1. The number of nitrogens with one attached hydrogen (secondary N) is 1. The quantitative estimate of drug-likeness (QED) is 0.852. The summed E-state index contributed by atoms with van der Waals surface area (Å²) in [7, 11) is 0. The Morgan fingerprint density at radius 3 is 2.76 bits per heavy atom. The summed E-state index contributed by atoms with van der Waals surface area (Å²) in [6.45, 7) is 0. The van der Waals surface area contributed by atoms with Crippen molar-refractivity contribution in [1.82, 2.24) is 10.3 Å². The highest BCUT2D eigenvalue weighted by molar-refractivity contribution is 9.10. The first-order chi connectivity index (χ1) is 8.15. The molecule has 0 unspecified atom stereocenters. The van der Waals surface area contributed by atoms with Crippen LogP contribution in [0.15, 0.2) is 22.8 Å². The van der Waals surface area contributed by atoms with Gasteiger partial charge in [0.25, 0.3) is 5.91 Å². The standard InChI is InChI=1S/C12H12BrN3O/c13-10-5-3-4-9(15-10)11(17)16-12(8-14)6-1-2-7-12/h3-5H,1-2,6-7H2,(H,16,17). The lowest BCUT2D eigenvalue weighted by atomic mass is 10.00. The van der Waals surface area contributed by atoms with Gasteiger partial charge in [0.1, 0.15) is 15.8 Å². The van der Waals surface area contributed by atoms with Crippen molar-refractivity contribution in [1.29, 1.82) is 5.26 Å². The van der Waals surface area contributed by atoms with Crippen molar-refractivity contribution in [2.24, 2.45) is 0 Å². The Balaban J connectivity index is 2.14. The highest BCUT2D eigenvalue weighted by Crippen LogP contribution is 2.29. The Morgan fingerprint density at radius 1 is 1.47 bits per heavy atom. The van der Waals surface area contributed by atoms with E-state index in [1.165, 1.54) is 0 Å². The molecule has 0 bridgehead atoms. The highest BCUT2D eigenvalue weighted by atomic mass is 79.9. The summed E-state index contributed by atoms with van der Waals surface area (Å²) < 4.78 is 0.613.